The van der Waals surface area contributed by atoms with Crippen LogP contribution < -0.4 is 0 Å². The molecule has 0 unspecified atom stereocenters. The van der Waals surface area contributed by atoms with Gasteiger partial charge in [0.25, 0.3) is 0 Å². The van der Waals surface area contributed by atoms with Crippen molar-refractivity contribution in [1.29, 1.82) is 0 Å². The number of aryl methyl sites for hydroxylation is 1. The molecular formula is C14H14O4S2. The number of thioether (sulfide) groups is 2. The number of esters is 2. The van der Waals surface area contributed by atoms with Crippen LogP contribution in [0.5, 0.6) is 0 Å². The molecule has 4 nitrogen and oxygen atoms in total. The molecule has 1 aliphatic rings. The van der Waals surface area contributed by atoms with Gasteiger partial charge in [-0.25, -0.2) is 9.59 Å². The molecule has 0 aliphatic carbocycles. The Hall–Kier alpha value is -1.40. The van der Waals surface area contributed by atoms with E-state index < -0.39 is 11.9 Å². The van der Waals surface area contributed by atoms with Crippen molar-refractivity contribution in [3.63, 3.8) is 0 Å². The van der Waals surface area contributed by atoms with Crippen LogP contribution in [0.15, 0.2) is 34.1 Å². The largest absolute Gasteiger partial charge is 0.465 e. The van der Waals surface area contributed by atoms with Gasteiger partial charge in [-0.05, 0) is 12.5 Å². The van der Waals surface area contributed by atoms with Crippen LogP contribution in [0.1, 0.15) is 15.7 Å². The minimum absolute atomic E-state index is 0.0428. The van der Waals surface area contributed by atoms with E-state index in [1.165, 1.54) is 37.7 Å². The quantitative estimate of drug-likeness (QED) is 0.800. The molecule has 0 amide bonds. The van der Waals surface area contributed by atoms with Gasteiger partial charge in [0.1, 0.15) is 9.81 Å². The molecule has 2 rings (SSSR count). The summed E-state index contributed by atoms with van der Waals surface area (Å²) in [6.07, 6.45) is 0. The number of hydrogen-bond donors (Lipinski definition) is 0. The molecule has 0 saturated heterocycles. The summed E-state index contributed by atoms with van der Waals surface area (Å²) in [6.45, 7) is 2.01. The lowest BCUT2D eigenvalue weighted by Crippen LogP contribution is -2.08. The Kier molecular flexibility index (Phi) is 4.77. The SMILES string of the molecule is COC(=O)C1=C(C(=O)OC)SC(c2ccc(C)cc2)S1. The molecule has 0 bridgehead atoms. The van der Waals surface area contributed by atoms with E-state index in [1.807, 2.05) is 31.2 Å². The zero-order valence-electron chi connectivity index (χ0n) is 11.3. The number of rotatable bonds is 3. The molecule has 6 heteroatoms. The van der Waals surface area contributed by atoms with Crippen LogP contribution in [-0.2, 0) is 19.1 Å². The van der Waals surface area contributed by atoms with Crippen molar-refractivity contribution in [2.45, 2.75) is 11.5 Å². The standard InChI is InChI=1S/C14H14O4S2/c1-8-4-6-9(7-5-8)14-19-10(12(15)17-2)11(20-14)13(16)18-3/h4-7,14H,1-3H3. The first kappa shape index (κ1) is 15.0. The van der Waals surface area contributed by atoms with Gasteiger partial charge in [0.15, 0.2) is 0 Å². The highest BCUT2D eigenvalue weighted by Gasteiger charge is 2.35. The Labute approximate surface area is 125 Å². The maximum atomic E-state index is 11.8. The summed E-state index contributed by atoms with van der Waals surface area (Å²) >= 11 is 2.64. The molecule has 0 spiro atoms. The van der Waals surface area contributed by atoms with Crippen LogP contribution in [0.25, 0.3) is 0 Å². The summed E-state index contributed by atoms with van der Waals surface area (Å²) in [7, 11) is 2.60. The molecule has 0 radical (unpaired) electrons. The first-order chi connectivity index (χ1) is 9.56. The van der Waals surface area contributed by atoms with Crippen LogP contribution >= 0.6 is 23.5 Å². The summed E-state index contributed by atoms with van der Waals surface area (Å²) in [5, 5.41) is 0. The second-order valence-electron chi connectivity index (χ2n) is 4.12. The summed E-state index contributed by atoms with van der Waals surface area (Å²) in [5.41, 5.74) is 2.21. The van der Waals surface area contributed by atoms with E-state index in [9.17, 15) is 9.59 Å². The highest BCUT2D eigenvalue weighted by Crippen LogP contribution is 2.55. The van der Waals surface area contributed by atoms with Crippen LogP contribution in [0.4, 0.5) is 0 Å². The van der Waals surface area contributed by atoms with Gasteiger partial charge in [-0.3, -0.25) is 0 Å². The number of hydrogen-bond acceptors (Lipinski definition) is 6. The lowest BCUT2D eigenvalue weighted by Gasteiger charge is -2.09. The monoisotopic (exact) mass is 310 g/mol. The number of carbonyl (C=O) groups is 2. The average Bonchev–Trinajstić information content (AvgIpc) is 2.91. The topological polar surface area (TPSA) is 52.6 Å². The zero-order chi connectivity index (χ0) is 14.7. The van der Waals surface area contributed by atoms with E-state index in [0.717, 1.165) is 11.1 Å². The Morgan fingerprint density at radius 1 is 0.950 bits per heavy atom. The molecule has 20 heavy (non-hydrogen) atoms. The minimum Gasteiger partial charge on any atom is -0.465 e. The van der Waals surface area contributed by atoms with Crippen molar-refractivity contribution in [2.75, 3.05) is 14.2 Å². The lowest BCUT2D eigenvalue weighted by atomic mass is 10.2. The van der Waals surface area contributed by atoms with Crippen molar-refractivity contribution < 1.29 is 19.1 Å². The van der Waals surface area contributed by atoms with E-state index in [-0.39, 0.29) is 4.58 Å². The maximum absolute atomic E-state index is 11.8. The van der Waals surface area contributed by atoms with Gasteiger partial charge in [0.05, 0.1) is 18.8 Å². The van der Waals surface area contributed by atoms with Crippen molar-refractivity contribution >= 4 is 35.5 Å². The summed E-state index contributed by atoms with van der Waals surface area (Å²) in [4.78, 5) is 24.1. The summed E-state index contributed by atoms with van der Waals surface area (Å²) in [6, 6.07) is 8.00. The van der Waals surface area contributed by atoms with E-state index in [1.54, 1.807) is 0 Å². The summed E-state index contributed by atoms with van der Waals surface area (Å²) in [5.74, 6) is -1.00. The van der Waals surface area contributed by atoms with Crippen LogP contribution in [0.3, 0.4) is 0 Å². The molecule has 0 N–H and O–H groups in total. The van der Waals surface area contributed by atoms with Gasteiger partial charge < -0.3 is 9.47 Å². The lowest BCUT2D eigenvalue weighted by molar-refractivity contribution is -0.138. The maximum Gasteiger partial charge on any atom is 0.345 e. The van der Waals surface area contributed by atoms with Gasteiger partial charge in [0.2, 0.25) is 0 Å². The third-order valence-electron chi connectivity index (χ3n) is 2.75. The van der Waals surface area contributed by atoms with Gasteiger partial charge in [0, 0.05) is 0 Å². The van der Waals surface area contributed by atoms with Crippen molar-refractivity contribution in [3.05, 3.63) is 45.2 Å². The van der Waals surface area contributed by atoms with E-state index in [0.29, 0.717) is 9.81 Å². The van der Waals surface area contributed by atoms with Gasteiger partial charge in [-0.1, -0.05) is 53.4 Å². The highest BCUT2D eigenvalue weighted by molar-refractivity contribution is 8.23. The molecule has 1 aromatic rings. The van der Waals surface area contributed by atoms with Crippen LogP contribution in [0.2, 0.25) is 0 Å². The van der Waals surface area contributed by atoms with Crippen molar-refractivity contribution in [1.82, 2.24) is 0 Å². The third-order valence-corrected chi connectivity index (χ3v) is 5.64. The smallest absolute Gasteiger partial charge is 0.345 e. The van der Waals surface area contributed by atoms with Gasteiger partial charge >= 0.3 is 11.9 Å². The Morgan fingerprint density at radius 2 is 1.40 bits per heavy atom. The number of ether oxygens (including phenoxy) is 2. The molecule has 0 fully saturated rings. The third kappa shape index (κ3) is 3.02. The van der Waals surface area contributed by atoms with Crippen LogP contribution in [-0.4, -0.2) is 26.2 Å². The molecule has 0 atom stereocenters. The predicted octanol–water partition coefficient (Wildman–Crippen LogP) is 3.03. The Bertz CT molecular complexity index is 535. The van der Waals surface area contributed by atoms with E-state index in [2.05, 4.69) is 0 Å². The molecule has 0 aromatic heterocycles. The zero-order valence-corrected chi connectivity index (χ0v) is 13.0. The number of carbonyl (C=O) groups excluding carboxylic acids is 2. The van der Waals surface area contributed by atoms with Crippen LogP contribution in [0, 0.1) is 6.92 Å². The Balaban J connectivity index is 2.26. The summed E-state index contributed by atoms with van der Waals surface area (Å²) < 4.78 is 9.40. The normalized spacial score (nSPS) is 15.3. The highest BCUT2D eigenvalue weighted by atomic mass is 32.2. The second kappa shape index (κ2) is 6.37. The molecular weight excluding hydrogens is 296 g/mol. The molecule has 0 saturated carbocycles. The first-order valence-corrected chi connectivity index (χ1v) is 7.63. The van der Waals surface area contributed by atoms with Crippen molar-refractivity contribution in [2.24, 2.45) is 0 Å². The first-order valence-electron chi connectivity index (χ1n) is 5.87. The van der Waals surface area contributed by atoms with E-state index >= 15 is 0 Å². The average molecular weight is 310 g/mol. The van der Waals surface area contributed by atoms with Gasteiger partial charge in [-0.2, -0.15) is 0 Å². The fourth-order valence-electron chi connectivity index (χ4n) is 1.67. The molecule has 1 aliphatic heterocycles. The second-order valence-corrected chi connectivity index (χ2v) is 6.65. The predicted molar refractivity (Wildman–Crippen MR) is 80.2 cm³/mol. The number of methoxy groups -OCH3 is 2. The minimum atomic E-state index is -0.502. The molecule has 1 heterocycles. The van der Waals surface area contributed by atoms with E-state index in [4.69, 9.17) is 9.47 Å². The fourth-order valence-corrected chi connectivity index (χ4v) is 4.48. The van der Waals surface area contributed by atoms with Gasteiger partial charge in [-0.15, -0.1) is 0 Å². The van der Waals surface area contributed by atoms with Crippen molar-refractivity contribution in [3.8, 4) is 0 Å². The number of benzene rings is 1. The molecule has 1 aromatic carbocycles. The fraction of sp³-hybridized carbons (Fsp3) is 0.286. The molecule has 106 valence electrons. The Morgan fingerprint density at radius 3 is 1.80 bits per heavy atom.